The largest absolute Gasteiger partial charge is 0.369 e. The highest BCUT2D eigenvalue weighted by Crippen LogP contribution is 2.41. The second-order valence-corrected chi connectivity index (χ2v) is 9.15. The highest BCUT2D eigenvalue weighted by Gasteiger charge is 2.63. The molecular weight excluding hydrogens is 464 g/mol. The summed E-state index contributed by atoms with van der Waals surface area (Å²) in [4.78, 5) is 39.0. The topological polar surface area (TPSA) is 165 Å². The van der Waals surface area contributed by atoms with Crippen LogP contribution in [0.1, 0.15) is 26.3 Å². The highest BCUT2D eigenvalue weighted by molar-refractivity contribution is 6.09. The Morgan fingerprint density at radius 2 is 1.42 bits per heavy atom. The molecule has 190 valence electrons. The van der Waals surface area contributed by atoms with Crippen LogP contribution in [0.25, 0.3) is 21.9 Å². The summed E-state index contributed by atoms with van der Waals surface area (Å²) in [6, 6.07) is 19.3. The summed E-state index contributed by atoms with van der Waals surface area (Å²) < 4.78 is 0. The maximum absolute atomic E-state index is 12.7. The first-order valence-electron chi connectivity index (χ1n) is 11.3. The lowest BCUT2D eigenvalue weighted by Crippen LogP contribution is -2.73. The minimum absolute atomic E-state index is 0.0576. The third-order valence-corrected chi connectivity index (χ3v) is 6.45. The van der Waals surface area contributed by atoms with Crippen LogP contribution in [0.2, 0.25) is 0 Å². The van der Waals surface area contributed by atoms with Gasteiger partial charge >= 0.3 is 6.03 Å². The van der Waals surface area contributed by atoms with E-state index in [9.17, 15) is 29.9 Å². The number of carbonyl (C=O) groups is 3. The van der Waals surface area contributed by atoms with Crippen molar-refractivity contribution >= 4 is 28.6 Å². The normalized spacial score (nSPS) is 13.2. The minimum Gasteiger partial charge on any atom is -0.369 e. The number of nitrogens with one attached hydrogen (secondary N) is 2. The van der Waals surface area contributed by atoms with Crippen LogP contribution < -0.4 is 16.7 Å². The Labute approximate surface area is 208 Å². The van der Waals surface area contributed by atoms with Crippen LogP contribution >= 0.6 is 0 Å². The van der Waals surface area contributed by atoms with E-state index in [1.165, 1.54) is 17.9 Å². The Balaban J connectivity index is 2.22. The lowest BCUT2D eigenvalue weighted by atomic mass is 9.72. The Kier molecular flexibility index (Phi) is 7.63. The van der Waals surface area contributed by atoms with Crippen LogP contribution in [0.3, 0.4) is 0 Å². The van der Waals surface area contributed by atoms with Crippen molar-refractivity contribution < 1.29 is 29.9 Å². The summed E-state index contributed by atoms with van der Waals surface area (Å²) in [5, 5.41) is 32.3. The Morgan fingerprint density at radius 3 is 1.92 bits per heavy atom. The molecular formula is C26H30N4O6. The smallest absolute Gasteiger partial charge is 0.315 e. The number of nitrogens with two attached hydrogens (primary N) is 1. The van der Waals surface area contributed by atoms with Crippen molar-refractivity contribution in [2.75, 3.05) is 6.54 Å². The number of aliphatic hydroxyl groups is 1. The molecule has 3 rings (SSSR count). The zero-order chi connectivity index (χ0) is 26.7. The van der Waals surface area contributed by atoms with E-state index in [0.717, 1.165) is 26.8 Å². The first-order valence-corrected chi connectivity index (χ1v) is 11.3. The van der Waals surface area contributed by atoms with Crippen molar-refractivity contribution in [3.05, 3.63) is 72.3 Å². The number of hydrogen-bond donors (Lipinski definition) is 6. The number of primary amides is 1. The number of fused-ring (bicyclic) bond motifs is 1. The van der Waals surface area contributed by atoms with Gasteiger partial charge in [0.25, 0.3) is 17.4 Å². The molecule has 0 aliphatic carbocycles. The minimum atomic E-state index is -3.18. The molecule has 0 spiro atoms. The zero-order valence-electron chi connectivity index (χ0n) is 20.2. The van der Waals surface area contributed by atoms with E-state index in [1.54, 1.807) is 38.1 Å². The Bertz CT molecular complexity index is 1260. The molecule has 0 aliphatic rings. The van der Waals surface area contributed by atoms with Crippen molar-refractivity contribution in [2.45, 2.75) is 31.9 Å². The van der Waals surface area contributed by atoms with Crippen LogP contribution in [-0.4, -0.2) is 50.4 Å². The number of nitrogens with zero attached hydrogens (tertiary/aromatic N) is 1. The second kappa shape index (κ2) is 10.3. The summed E-state index contributed by atoms with van der Waals surface area (Å²) in [5.41, 5.74) is 4.69. The van der Waals surface area contributed by atoms with Gasteiger partial charge in [0.15, 0.2) is 0 Å². The van der Waals surface area contributed by atoms with Crippen molar-refractivity contribution in [1.82, 2.24) is 15.9 Å². The summed E-state index contributed by atoms with van der Waals surface area (Å²) in [7, 11) is 0. The van der Waals surface area contributed by atoms with Gasteiger partial charge in [-0.1, -0.05) is 74.5 Å². The molecule has 0 bridgehead atoms. The second-order valence-electron chi connectivity index (χ2n) is 9.15. The van der Waals surface area contributed by atoms with E-state index in [1.807, 2.05) is 42.5 Å². The third kappa shape index (κ3) is 4.49. The number of hydroxylamine groups is 2. The van der Waals surface area contributed by atoms with Crippen molar-refractivity contribution in [3.63, 3.8) is 0 Å². The van der Waals surface area contributed by atoms with Gasteiger partial charge in [-0.3, -0.25) is 20.0 Å². The van der Waals surface area contributed by atoms with Crippen LogP contribution in [0.4, 0.5) is 4.79 Å². The van der Waals surface area contributed by atoms with Crippen LogP contribution in [0.15, 0.2) is 66.7 Å². The monoisotopic (exact) mass is 494 g/mol. The van der Waals surface area contributed by atoms with Crippen molar-refractivity contribution in [2.24, 2.45) is 11.7 Å². The molecule has 1 unspecified atom stereocenters. The average molecular weight is 495 g/mol. The number of benzene rings is 3. The van der Waals surface area contributed by atoms with Gasteiger partial charge in [-0.25, -0.2) is 15.8 Å². The molecule has 0 radical (unpaired) electrons. The lowest BCUT2D eigenvalue weighted by molar-refractivity contribution is -0.181. The van der Waals surface area contributed by atoms with Gasteiger partial charge in [-0.2, -0.15) is 0 Å². The Morgan fingerprint density at radius 1 is 0.889 bits per heavy atom. The van der Waals surface area contributed by atoms with Crippen molar-refractivity contribution in [3.8, 4) is 11.1 Å². The third-order valence-electron chi connectivity index (χ3n) is 6.45. The van der Waals surface area contributed by atoms with Gasteiger partial charge in [0.1, 0.15) is 5.54 Å². The molecule has 0 saturated carbocycles. The fourth-order valence-corrected chi connectivity index (χ4v) is 4.48. The summed E-state index contributed by atoms with van der Waals surface area (Å²) in [5.74, 6) is -3.32. The molecule has 10 nitrogen and oxygen atoms in total. The van der Waals surface area contributed by atoms with E-state index in [2.05, 4.69) is 0 Å². The summed E-state index contributed by atoms with van der Waals surface area (Å²) in [6.45, 7) is 4.75. The maximum Gasteiger partial charge on any atom is 0.315 e. The number of hydrogen-bond acceptors (Lipinski definition) is 6. The van der Waals surface area contributed by atoms with Crippen LogP contribution in [0.5, 0.6) is 0 Å². The zero-order valence-corrected chi connectivity index (χ0v) is 20.2. The van der Waals surface area contributed by atoms with E-state index in [0.29, 0.717) is 0 Å². The first kappa shape index (κ1) is 26.6. The molecule has 7 N–H and O–H groups in total. The van der Waals surface area contributed by atoms with Crippen molar-refractivity contribution in [1.29, 1.82) is 0 Å². The van der Waals surface area contributed by atoms with Gasteiger partial charge in [0.2, 0.25) is 0 Å². The first-order chi connectivity index (χ1) is 17.0. The number of amides is 4. The van der Waals surface area contributed by atoms with Gasteiger partial charge in [-0.05, 0) is 46.4 Å². The summed E-state index contributed by atoms with van der Waals surface area (Å²) in [6.07, 6.45) is 0. The van der Waals surface area contributed by atoms with Gasteiger partial charge < -0.3 is 15.7 Å². The highest BCUT2D eigenvalue weighted by atomic mass is 16.5. The van der Waals surface area contributed by atoms with Gasteiger partial charge in [-0.15, -0.1) is 0 Å². The molecule has 0 aromatic heterocycles. The van der Waals surface area contributed by atoms with Crippen LogP contribution in [-0.2, 0) is 15.1 Å². The number of urea groups is 1. The molecule has 1 atom stereocenters. The molecule has 0 heterocycles. The fraction of sp³-hybridized carbons (Fsp3) is 0.269. The fourth-order valence-electron chi connectivity index (χ4n) is 4.48. The molecule has 36 heavy (non-hydrogen) atoms. The van der Waals surface area contributed by atoms with E-state index in [-0.39, 0.29) is 18.0 Å². The maximum atomic E-state index is 12.7. The summed E-state index contributed by atoms with van der Waals surface area (Å²) >= 11 is 0. The van der Waals surface area contributed by atoms with E-state index >= 15 is 0 Å². The SMILES string of the molecule is CC(C)CN(C(N)=O)C(C)(c1ccc(-c2ccc3ccccc3c2)cc1)C(O)(C(=O)NO)C(=O)NO. The quantitative estimate of drug-likeness (QED) is 0.160. The predicted octanol–water partition coefficient (Wildman–Crippen LogP) is 2.50. The van der Waals surface area contributed by atoms with Gasteiger partial charge in [0, 0.05) is 6.54 Å². The molecule has 0 fully saturated rings. The molecule has 4 amide bonds. The average Bonchev–Trinajstić information content (AvgIpc) is 2.89. The Hall–Kier alpha value is -3.99. The van der Waals surface area contributed by atoms with Crippen LogP contribution in [0, 0.1) is 5.92 Å². The van der Waals surface area contributed by atoms with E-state index < -0.39 is 29.0 Å². The van der Waals surface area contributed by atoms with E-state index in [4.69, 9.17) is 5.73 Å². The molecule has 10 heteroatoms. The molecule has 0 saturated heterocycles. The predicted molar refractivity (Wildman–Crippen MR) is 133 cm³/mol. The number of rotatable bonds is 8. The standard InChI is InChI=1S/C26H30N4O6/c1-16(2)15-30(24(27)33)25(3,26(34,22(31)28-35)23(32)29-36)21-12-10-18(11-13-21)20-9-8-17-6-4-5-7-19(17)14-20/h4-14,16,34-36H,15H2,1-3H3,(H2,27,33)(H,28,31)(H,29,32). The van der Waals surface area contributed by atoms with Gasteiger partial charge in [0.05, 0.1) is 0 Å². The lowest BCUT2D eigenvalue weighted by Gasteiger charge is -2.48. The molecule has 3 aromatic carbocycles. The number of carbonyl (C=O) groups excluding carboxylic acids is 3. The molecule has 3 aromatic rings. The molecule has 0 aliphatic heterocycles.